The Morgan fingerprint density at radius 3 is 2.32 bits per heavy atom. The van der Waals surface area contributed by atoms with Crippen LogP contribution in [-0.4, -0.2) is 5.91 Å². The summed E-state index contributed by atoms with van der Waals surface area (Å²) in [6.07, 6.45) is 0. The van der Waals surface area contributed by atoms with Crippen molar-refractivity contribution >= 4 is 21.8 Å². The first-order valence-corrected chi connectivity index (χ1v) is 7.88. The fraction of sp³-hybridized carbons (Fsp3) is 0.278. The van der Waals surface area contributed by atoms with Gasteiger partial charge in [-0.15, -0.1) is 0 Å². The molecule has 2 aromatic carbocycles. The zero-order valence-electron chi connectivity index (χ0n) is 13.0. The van der Waals surface area contributed by atoms with Crippen LogP contribution in [0.15, 0.2) is 46.9 Å². The Hall–Kier alpha value is -1.81. The van der Waals surface area contributed by atoms with Gasteiger partial charge in [-0.25, -0.2) is 0 Å². The lowest BCUT2D eigenvalue weighted by atomic mass is 9.87. The van der Waals surface area contributed by atoms with E-state index in [9.17, 15) is 4.79 Å². The van der Waals surface area contributed by atoms with Gasteiger partial charge in [0.15, 0.2) is 0 Å². The summed E-state index contributed by atoms with van der Waals surface area (Å²) in [6.45, 7) is 6.94. The van der Waals surface area contributed by atoms with E-state index in [-0.39, 0.29) is 5.41 Å². The van der Waals surface area contributed by atoms with E-state index in [1.54, 1.807) is 12.1 Å². The molecule has 2 rings (SSSR count). The summed E-state index contributed by atoms with van der Waals surface area (Å²) in [5, 5.41) is 0. The Kier molecular flexibility index (Phi) is 4.91. The molecular weight excluding hydrogens is 342 g/mol. The normalized spacial score (nSPS) is 11.3. The van der Waals surface area contributed by atoms with E-state index < -0.39 is 5.91 Å². The molecule has 2 aromatic rings. The summed E-state index contributed by atoms with van der Waals surface area (Å²) in [7, 11) is 0. The molecule has 22 heavy (non-hydrogen) atoms. The summed E-state index contributed by atoms with van der Waals surface area (Å²) in [6, 6.07) is 13.5. The average molecular weight is 362 g/mol. The monoisotopic (exact) mass is 361 g/mol. The highest BCUT2D eigenvalue weighted by Gasteiger charge is 2.13. The minimum absolute atomic E-state index is 0.129. The minimum atomic E-state index is -0.501. The van der Waals surface area contributed by atoms with Crippen LogP contribution in [0.4, 0.5) is 0 Å². The molecule has 3 nitrogen and oxygen atoms in total. The number of carbonyl (C=O) groups is 1. The third-order valence-electron chi connectivity index (χ3n) is 3.42. The Morgan fingerprint density at radius 2 is 1.77 bits per heavy atom. The van der Waals surface area contributed by atoms with Crippen LogP contribution in [0, 0.1) is 0 Å². The molecule has 0 atom stereocenters. The maximum Gasteiger partial charge on any atom is 0.252 e. The van der Waals surface area contributed by atoms with Crippen molar-refractivity contribution in [1.29, 1.82) is 0 Å². The molecule has 2 N–H and O–H groups in total. The molecule has 0 fully saturated rings. The third-order valence-corrected chi connectivity index (χ3v) is 3.91. The zero-order chi connectivity index (χ0) is 16.3. The van der Waals surface area contributed by atoms with Gasteiger partial charge in [0.05, 0.1) is 5.56 Å². The number of rotatable bonds is 4. The van der Waals surface area contributed by atoms with Crippen molar-refractivity contribution in [1.82, 2.24) is 0 Å². The molecule has 0 saturated carbocycles. The number of halogens is 1. The number of hydrogen-bond donors (Lipinski definition) is 1. The van der Waals surface area contributed by atoms with Gasteiger partial charge in [0, 0.05) is 4.47 Å². The number of ether oxygens (including phenoxy) is 1. The summed E-state index contributed by atoms with van der Waals surface area (Å²) < 4.78 is 6.54. The Morgan fingerprint density at radius 1 is 1.14 bits per heavy atom. The van der Waals surface area contributed by atoms with Gasteiger partial charge in [0.1, 0.15) is 12.4 Å². The number of primary amides is 1. The van der Waals surface area contributed by atoms with Crippen molar-refractivity contribution in [3.8, 4) is 5.75 Å². The van der Waals surface area contributed by atoms with Crippen LogP contribution < -0.4 is 10.5 Å². The van der Waals surface area contributed by atoms with Gasteiger partial charge in [-0.2, -0.15) is 0 Å². The van der Waals surface area contributed by atoms with Crippen LogP contribution >= 0.6 is 15.9 Å². The molecule has 0 aliphatic carbocycles. The Balaban J connectivity index is 2.12. The van der Waals surface area contributed by atoms with Crippen molar-refractivity contribution in [2.75, 3.05) is 0 Å². The molecule has 0 aliphatic heterocycles. The second-order valence-corrected chi connectivity index (χ2v) is 7.16. The second kappa shape index (κ2) is 6.53. The lowest BCUT2D eigenvalue weighted by Crippen LogP contribution is -2.13. The molecule has 0 spiro atoms. The first-order chi connectivity index (χ1) is 10.3. The molecule has 0 unspecified atom stereocenters. The lowest BCUT2D eigenvalue weighted by Gasteiger charge is -2.19. The molecular formula is C18H20BrNO2. The maximum absolute atomic E-state index is 11.5. The summed E-state index contributed by atoms with van der Waals surface area (Å²) in [5.41, 5.74) is 8.21. The predicted molar refractivity (Wildman–Crippen MR) is 92.1 cm³/mol. The highest BCUT2D eigenvalue weighted by Crippen LogP contribution is 2.25. The Labute approximate surface area is 139 Å². The van der Waals surface area contributed by atoms with E-state index in [0.29, 0.717) is 17.9 Å². The van der Waals surface area contributed by atoms with Gasteiger partial charge in [-0.1, -0.05) is 61.0 Å². The average Bonchev–Trinajstić information content (AvgIpc) is 2.45. The highest BCUT2D eigenvalue weighted by molar-refractivity contribution is 9.10. The van der Waals surface area contributed by atoms with Gasteiger partial charge in [-0.3, -0.25) is 4.79 Å². The number of nitrogens with two attached hydrogens (primary N) is 1. The van der Waals surface area contributed by atoms with Crippen LogP contribution in [0.2, 0.25) is 0 Å². The van der Waals surface area contributed by atoms with E-state index in [1.165, 1.54) is 5.56 Å². The highest BCUT2D eigenvalue weighted by atomic mass is 79.9. The topological polar surface area (TPSA) is 52.3 Å². The Bertz CT molecular complexity index is 672. The second-order valence-electron chi connectivity index (χ2n) is 6.24. The van der Waals surface area contributed by atoms with Crippen molar-refractivity contribution in [3.63, 3.8) is 0 Å². The van der Waals surface area contributed by atoms with Crippen LogP contribution in [0.25, 0.3) is 0 Å². The van der Waals surface area contributed by atoms with Crippen LogP contribution in [-0.2, 0) is 12.0 Å². The molecule has 4 heteroatoms. The molecule has 0 radical (unpaired) electrons. The summed E-state index contributed by atoms with van der Waals surface area (Å²) >= 11 is 3.32. The SMILES string of the molecule is CC(C)(C)c1ccc(COc2ccc(Br)cc2C(N)=O)cc1. The van der Waals surface area contributed by atoms with Gasteiger partial charge in [0.25, 0.3) is 5.91 Å². The van der Waals surface area contributed by atoms with Crippen molar-refractivity contribution in [3.05, 3.63) is 63.6 Å². The minimum Gasteiger partial charge on any atom is -0.488 e. The zero-order valence-corrected chi connectivity index (χ0v) is 14.6. The molecule has 0 heterocycles. The quantitative estimate of drug-likeness (QED) is 0.875. The predicted octanol–water partition coefficient (Wildman–Crippen LogP) is 4.42. The summed E-state index contributed by atoms with van der Waals surface area (Å²) in [5.74, 6) is -0.00465. The number of carbonyl (C=O) groups excluding carboxylic acids is 1. The van der Waals surface area contributed by atoms with Crippen LogP contribution in [0.3, 0.4) is 0 Å². The van der Waals surface area contributed by atoms with Crippen molar-refractivity contribution < 1.29 is 9.53 Å². The van der Waals surface area contributed by atoms with Crippen molar-refractivity contribution in [2.24, 2.45) is 5.73 Å². The third kappa shape index (κ3) is 4.10. The van der Waals surface area contributed by atoms with Gasteiger partial charge in [-0.05, 0) is 34.7 Å². The fourth-order valence-corrected chi connectivity index (χ4v) is 2.44. The van der Waals surface area contributed by atoms with Gasteiger partial charge < -0.3 is 10.5 Å². The lowest BCUT2D eigenvalue weighted by molar-refractivity contribution is 0.0996. The van der Waals surface area contributed by atoms with Crippen LogP contribution in [0.5, 0.6) is 5.75 Å². The number of hydrogen-bond acceptors (Lipinski definition) is 2. The number of benzene rings is 2. The first kappa shape index (κ1) is 16.6. The van der Waals surface area contributed by atoms with Crippen molar-refractivity contribution in [2.45, 2.75) is 32.8 Å². The molecule has 116 valence electrons. The fourth-order valence-electron chi connectivity index (χ4n) is 2.08. The number of amides is 1. The largest absolute Gasteiger partial charge is 0.488 e. The van der Waals surface area contributed by atoms with E-state index in [4.69, 9.17) is 10.5 Å². The summed E-state index contributed by atoms with van der Waals surface area (Å²) in [4.78, 5) is 11.5. The van der Waals surface area contributed by atoms with Gasteiger partial charge >= 0.3 is 0 Å². The van der Waals surface area contributed by atoms with E-state index in [2.05, 4.69) is 48.8 Å². The molecule has 0 aliphatic rings. The van der Waals surface area contributed by atoms with Gasteiger partial charge in [0.2, 0.25) is 0 Å². The molecule has 1 amide bonds. The van der Waals surface area contributed by atoms with E-state index in [1.807, 2.05) is 18.2 Å². The standard InChI is InChI=1S/C18H20BrNO2/c1-18(2,3)13-6-4-12(5-7-13)11-22-16-9-8-14(19)10-15(16)17(20)21/h4-10H,11H2,1-3H3,(H2,20,21). The molecule has 0 bridgehead atoms. The van der Waals surface area contributed by atoms with E-state index >= 15 is 0 Å². The molecule has 0 saturated heterocycles. The molecule has 0 aromatic heterocycles. The maximum atomic E-state index is 11.5. The van der Waals surface area contributed by atoms with E-state index in [0.717, 1.165) is 10.0 Å². The first-order valence-electron chi connectivity index (χ1n) is 7.09. The smallest absolute Gasteiger partial charge is 0.252 e. The van der Waals surface area contributed by atoms with Crippen LogP contribution in [0.1, 0.15) is 42.3 Å².